The van der Waals surface area contributed by atoms with Crippen molar-refractivity contribution in [2.24, 2.45) is 5.10 Å². The van der Waals surface area contributed by atoms with Crippen LogP contribution in [0.2, 0.25) is 0 Å². The second-order valence-corrected chi connectivity index (χ2v) is 7.34. The molecule has 178 valence electrons. The number of carbonyl (C=O) groups excluding carboxylic acids is 3. The van der Waals surface area contributed by atoms with Gasteiger partial charge in [-0.05, 0) is 47.5 Å². The number of benzene rings is 3. The summed E-state index contributed by atoms with van der Waals surface area (Å²) in [7, 11) is 0. The Kier molecular flexibility index (Phi) is 7.54. The second kappa shape index (κ2) is 11.3. The molecule has 3 amide bonds. The Labute approximate surface area is 200 Å². The first-order valence-corrected chi connectivity index (χ1v) is 10.6. The van der Waals surface area contributed by atoms with E-state index < -0.39 is 11.8 Å². The van der Waals surface area contributed by atoms with Crippen LogP contribution in [0.25, 0.3) is 0 Å². The number of hydrogen-bond donors (Lipinski definition) is 3. The summed E-state index contributed by atoms with van der Waals surface area (Å²) in [6, 6.07) is 21.1. The molecule has 1 aliphatic heterocycles. The Morgan fingerprint density at radius 1 is 0.914 bits per heavy atom. The van der Waals surface area contributed by atoms with Crippen molar-refractivity contribution in [3.8, 4) is 17.2 Å². The minimum atomic E-state index is -0.910. The van der Waals surface area contributed by atoms with Gasteiger partial charge in [-0.2, -0.15) is 5.10 Å². The minimum absolute atomic E-state index is 0.143. The van der Waals surface area contributed by atoms with Gasteiger partial charge in [0.2, 0.25) is 6.79 Å². The normalized spacial score (nSPS) is 11.7. The highest BCUT2D eigenvalue weighted by Gasteiger charge is 2.15. The summed E-state index contributed by atoms with van der Waals surface area (Å²) in [5, 5.41) is 9.04. The number of nitrogens with one attached hydrogen (secondary N) is 3. The maximum Gasteiger partial charge on any atom is 0.329 e. The van der Waals surface area contributed by atoms with Crippen LogP contribution in [-0.2, 0) is 20.9 Å². The molecule has 3 N–H and O–H groups in total. The van der Waals surface area contributed by atoms with Crippen LogP contribution in [0.15, 0.2) is 77.9 Å². The summed E-state index contributed by atoms with van der Waals surface area (Å²) < 4.78 is 16.0. The zero-order chi connectivity index (χ0) is 24.5. The predicted octanol–water partition coefficient (Wildman–Crippen LogP) is 2.20. The lowest BCUT2D eigenvalue weighted by Gasteiger charge is -2.08. The zero-order valence-corrected chi connectivity index (χ0v) is 18.5. The maximum absolute atomic E-state index is 12.0. The van der Waals surface area contributed by atoms with E-state index in [0.29, 0.717) is 28.5 Å². The highest BCUT2D eigenvalue weighted by atomic mass is 16.7. The van der Waals surface area contributed by atoms with E-state index in [1.807, 2.05) is 18.2 Å². The SMILES string of the molecule is O=C(COc1cccc(/C=N/NC(=O)C(=O)NCc2ccc3c(c2)OCO3)c1)Nc1ccccc1. The van der Waals surface area contributed by atoms with Crippen LogP contribution in [0.4, 0.5) is 5.69 Å². The van der Waals surface area contributed by atoms with Crippen molar-refractivity contribution < 1.29 is 28.6 Å². The molecular formula is C25H22N4O6. The van der Waals surface area contributed by atoms with Crippen molar-refractivity contribution in [1.82, 2.24) is 10.7 Å². The van der Waals surface area contributed by atoms with Gasteiger partial charge in [-0.25, -0.2) is 5.43 Å². The molecule has 0 unspecified atom stereocenters. The molecule has 4 rings (SSSR count). The fourth-order valence-electron chi connectivity index (χ4n) is 3.08. The van der Waals surface area contributed by atoms with Crippen molar-refractivity contribution in [2.45, 2.75) is 6.54 Å². The Morgan fingerprint density at radius 3 is 2.60 bits per heavy atom. The number of hydrogen-bond acceptors (Lipinski definition) is 7. The van der Waals surface area contributed by atoms with Crippen molar-refractivity contribution >= 4 is 29.6 Å². The Bertz CT molecular complexity index is 1250. The molecule has 0 atom stereocenters. The van der Waals surface area contributed by atoms with E-state index in [1.54, 1.807) is 54.6 Å². The number of para-hydroxylation sites is 1. The van der Waals surface area contributed by atoms with Crippen molar-refractivity contribution in [1.29, 1.82) is 0 Å². The number of carbonyl (C=O) groups is 3. The maximum atomic E-state index is 12.0. The quantitative estimate of drug-likeness (QED) is 0.261. The van der Waals surface area contributed by atoms with E-state index in [9.17, 15) is 14.4 Å². The molecule has 0 aromatic heterocycles. The number of ether oxygens (including phenoxy) is 3. The monoisotopic (exact) mass is 474 g/mol. The smallest absolute Gasteiger partial charge is 0.329 e. The average molecular weight is 474 g/mol. The number of nitrogens with zero attached hydrogens (tertiary/aromatic N) is 1. The highest BCUT2D eigenvalue weighted by Crippen LogP contribution is 2.32. The number of hydrazone groups is 1. The minimum Gasteiger partial charge on any atom is -0.484 e. The van der Waals surface area contributed by atoms with Gasteiger partial charge in [0.05, 0.1) is 6.21 Å². The van der Waals surface area contributed by atoms with Gasteiger partial charge in [-0.3, -0.25) is 14.4 Å². The van der Waals surface area contributed by atoms with Crippen LogP contribution < -0.4 is 30.3 Å². The predicted molar refractivity (Wildman–Crippen MR) is 127 cm³/mol. The van der Waals surface area contributed by atoms with E-state index in [-0.39, 0.29) is 25.9 Å². The van der Waals surface area contributed by atoms with Gasteiger partial charge < -0.3 is 24.8 Å². The second-order valence-electron chi connectivity index (χ2n) is 7.34. The number of anilines is 1. The zero-order valence-electron chi connectivity index (χ0n) is 18.5. The van der Waals surface area contributed by atoms with Crippen molar-refractivity contribution in [3.05, 3.63) is 83.9 Å². The molecule has 1 aliphatic rings. The summed E-state index contributed by atoms with van der Waals surface area (Å²) in [4.78, 5) is 36.0. The van der Waals surface area contributed by atoms with Gasteiger partial charge in [0.25, 0.3) is 5.91 Å². The molecule has 1 heterocycles. The molecule has 0 saturated carbocycles. The molecule has 0 bridgehead atoms. The molecular weight excluding hydrogens is 452 g/mol. The molecule has 10 nitrogen and oxygen atoms in total. The summed E-state index contributed by atoms with van der Waals surface area (Å²) in [6.45, 7) is 0.129. The van der Waals surface area contributed by atoms with Crippen molar-refractivity contribution in [3.63, 3.8) is 0 Å². The van der Waals surface area contributed by atoms with E-state index >= 15 is 0 Å². The van der Waals surface area contributed by atoms with E-state index in [1.165, 1.54) is 6.21 Å². The van der Waals surface area contributed by atoms with Crippen LogP contribution >= 0.6 is 0 Å². The first-order valence-electron chi connectivity index (χ1n) is 10.6. The summed E-state index contributed by atoms with van der Waals surface area (Å²) in [6.07, 6.45) is 1.36. The third kappa shape index (κ3) is 6.81. The lowest BCUT2D eigenvalue weighted by Crippen LogP contribution is -2.37. The number of rotatable bonds is 8. The molecule has 0 radical (unpaired) electrons. The fourth-order valence-corrected chi connectivity index (χ4v) is 3.08. The van der Waals surface area contributed by atoms with Gasteiger partial charge in [0.15, 0.2) is 18.1 Å². The molecule has 0 spiro atoms. The Balaban J connectivity index is 1.21. The standard InChI is InChI=1S/C25H22N4O6/c30-23(28-19-6-2-1-3-7-19)15-33-20-8-4-5-17(11-20)14-27-29-25(32)24(31)26-13-18-9-10-21-22(12-18)35-16-34-21/h1-12,14H,13,15-16H2,(H,26,31)(H,28,30)(H,29,32)/b27-14+. The Morgan fingerprint density at radius 2 is 1.74 bits per heavy atom. The molecule has 3 aromatic rings. The third-order valence-electron chi connectivity index (χ3n) is 4.76. The topological polar surface area (TPSA) is 127 Å². The molecule has 10 heteroatoms. The molecule has 0 saturated heterocycles. The van der Waals surface area contributed by atoms with Gasteiger partial charge in [-0.1, -0.05) is 36.4 Å². The number of amides is 3. The van der Waals surface area contributed by atoms with Crippen LogP contribution in [0.3, 0.4) is 0 Å². The third-order valence-corrected chi connectivity index (χ3v) is 4.76. The van der Waals surface area contributed by atoms with E-state index in [0.717, 1.165) is 5.56 Å². The lowest BCUT2D eigenvalue weighted by molar-refractivity contribution is -0.139. The Hall–Kier alpha value is -4.86. The molecule has 0 fully saturated rings. The largest absolute Gasteiger partial charge is 0.484 e. The summed E-state index contributed by atoms with van der Waals surface area (Å²) in [5.41, 5.74) is 4.21. The van der Waals surface area contributed by atoms with E-state index in [4.69, 9.17) is 14.2 Å². The van der Waals surface area contributed by atoms with Gasteiger partial charge >= 0.3 is 11.8 Å². The summed E-state index contributed by atoms with van der Waals surface area (Å²) >= 11 is 0. The lowest BCUT2D eigenvalue weighted by atomic mass is 10.2. The van der Waals surface area contributed by atoms with Gasteiger partial charge in [0, 0.05) is 12.2 Å². The molecule has 3 aromatic carbocycles. The first-order chi connectivity index (χ1) is 17.1. The van der Waals surface area contributed by atoms with Crippen LogP contribution in [-0.4, -0.2) is 37.3 Å². The van der Waals surface area contributed by atoms with Crippen LogP contribution in [0.1, 0.15) is 11.1 Å². The highest BCUT2D eigenvalue weighted by molar-refractivity contribution is 6.35. The van der Waals surface area contributed by atoms with Crippen molar-refractivity contribution in [2.75, 3.05) is 18.7 Å². The van der Waals surface area contributed by atoms with E-state index in [2.05, 4.69) is 21.2 Å². The first kappa shape index (κ1) is 23.3. The van der Waals surface area contributed by atoms with Crippen LogP contribution in [0, 0.1) is 0 Å². The summed E-state index contributed by atoms with van der Waals surface area (Å²) in [5.74, 6) is -0.363. The fraction of sp³-hybridized carbons (Fsp3) is 0.120. The van der Waals surface area contributed by atoms with Crippen LogP contribution in [0.5, 0.6) is 17.2 Å². The van der Waals surface area contributed by atoms with Gasteiger partial charge in [-0.15, -0.1) is 0 Å². The number of fused-ring (bicyclic) bond motifs is 1. The molecule has 35 heavy (non-hydrogen) atoms. The average Bonchev–Trinajstić information content (AvgIpc) is 3.35. The van der Waals surface area contributed by atoms with Gasteiger partial charge in [0.1, 0.15) is 5.75 Å². The molecule has 0 aliphatic carbocycles.